The maximum atomic E-state index is 12.5. The summed E-state index contributed by atoms with van der Waals surface area (Å²) in [6, 6.07) is 0. The van der Waals surface area contributed by atoms with E-state index in [-0.39, 0.29) is 12.5 Å². The van der Waals surface area contributed by atoms with Crippen molar-refractivity contribution in [3.63, 3.8) is 0 Å². The normalized spacial score (nSPS) is 18.3. The predicted molar refractivity (Wildman–Crippen MR) is 73.9 cm³/mol. The lowest BCUT2D eigenvalue weighted by Gasteiger charge is -2.27. The van der Waals surface area contributed by atoms with Gasteiger partial charge in [-0.25, -0.2) is 0 Å². The van der Waals surface area contributed by atoms with Gasteiger partial charge in [0.15, 0.2) is 0 Å². The van der Waals surface area contributed by atoms with Crippen LogP contribution in [0.5, 0.6) is 0 Å². The molecular formula is C11H24N4O3S. The highest BCUT2D eigenvalue weighted by Gasteiger charge is 2.30. The van der Waals surface area contributed by atoms with Crippen LogP contribution in [-0.4, -0.2) is 68.7 Å². The first-order valence-electron chi connectivity index (χ1n) is 6.75. The van der Waals surface area contributed by atoms with Gasteiger partial charge in [0.25, 0.3) is 10.2 Å². The topological polar surface area (TPSA) is 81.8 Å². The van der Waals surface area contributed by atoms with E-state index in [1.807, 2.05) is 6.92 Å². The van der Waals surface area contributed by atoms with Gasteiger partial charge in [0.1, 0.15) is 0 Å². The van der Waals surface area contributed by atoms with Crippen LogP contribution in [-0.2, 0) is 15.0 Å². The minimum atomic E-state index is -3.55. The summed E-state index contributed by atoms with van der Waals surface area (Å²) in [6.45, 7) is 6.67. The number of hydrogen-bond acceptors (Lipinski definition) is 4. The fraction of sp³-hybridized carbons (Fsp3) is 0.909. The summed E-state index contributed by atoms with van der Waals surface area (Å²) < 4.78 is 27.6. The van der Waals surface area contributed by atoms with Gasteiger partial charge in [-0.1, -0.05) is 6.92 Å². The van der Waals surface area contributed by atoms with E-state index in [4.69, 9.17) is 0 Å². The molecule has 2 N–H and O–H groups in total. The molecule has 7 nitrogen and oxygen atoms in total. The first-order chi connectivity index (χ1) is 9.02. The molecule has 0 radical (unpaired) electrons. The molecule has 1 aliphatic heterocycles. The quantitative estimate of drug-likeness (QED) is 0.657. The Bertz CT molecular complexity index is 377. The SMILES string of the molecule is CCNC(=O)CN(CC)S(=O)(=O)N1CCCNCC1. The molecule has 0 aromatic heterocycles. The minimum Gasteiger partial charge on any atom is -0.355 e. The number of likely N-dealkylation sites (N-methyl/N-ethyl adjacent to an activating group) is 2. The Balaban J connectivity index is 2.73. The smallest absolute Gasteiger partial charge is 0.282 e. The zero-order chi connectivity index (χ0) is 14.3. The molecule has 0 bridgehead atoms. The van der Waals surface area contributed by atoms with Crippen LogP contribution >= 0.6 is 0 Å². The average molecular weight is 292 g/mol. The van der Waals surface area contributed by atoms with Gasteiger partial charge in [-0.05, 0) is 19.9 Å². The van der Waals surface area contributed by atoms with Gasteiger partial charge < -0.3 is 10.6 Å². The van der Waals surface area contributed by atoms with Crippen molar-refractivity contribution < 1.29 is 13.2 Å². The molecule has 0 aliphatic carbocycles. The molecule has 1 saturated heterocycles. The predicted octanol–water partition coefficient (Wildman–Crippen LogP) is -1.02. The number of rotatable bonds is 6. The van der Waals surface area contributed by atoms with Crippen LogP contribution in [0, 0.1) is 0 Å². The number of carbonyl (C=O) groups excluding carboxylic acids is 1. The highest BCUT2D eigenvalue weighted by molar-refractivity contribution is 7.86. The van der Waals surface area contributed by atoms with Crippen LogP contribution in [0.2, 0.25) is 0 Å². The Hall–Kier alpha value is -0.700. The van der Waals surface area contributed by atoms with E-state index in [1.54, 1.807) is 6.92 Å². The fourth-order valence-corrected chi connectivity index (χ4v) is 3.60. The summed E-state index contributed by atoms with van der Waals surface area (Å²) in [5.41, 5.74) is 0. The molecule has 1 amide bonds. The molecule has 1 fully saturated rings. The van der Waals surface area contributed by atoms with Gasteiger partial charge in [-0.3, -0.25) is 4.79 Å². The number of hydrogen-bond donors (Lipinski definition) is 2. The van der Waals surface area contributed by atoms with Gasteiger partial charge in [-0.2, -0.15) is 17.0 Å². The molecule has 1 rings (SSSR count). The average Bonchev–Trinajstić information content (AvgIpc) is 2.65. The van der Waals surface area contributed by atoms with Crippen LogP contribution in [0.1, 0.15) is 20.3 Å². The highest BCUT2D eigenvalue weighted by atomic mass is 32.2. The second-order valence-corrected chi connectivity index (χ2v) is 6.32. The fourth-order valence-electron chi connectivity index (χ4n) is 1.98. The Morgan fingerprint density at radius 3 is 2.68 bits per heavy atom. The van der Waals surface area contributed by atoms with Crippen molar-refractivity contribution in [3.8, 4) is 0 Å². The van der Waals surface area contributed by atoms with E-state index >= 15 is 0 Å². The van der Waals surface area contributed by atoms with Crippen molar-refractivity contribution >= 4 is 16.1 Å². The van der Waals surface area contributed by atoms with E-state index in [0.29, 0.717) is 32.7 Å². The monoisotopic (exact) mass is 292 g/mol. The Morgan fingerprint density at radius 1 is 1.32 bits per heavy atom. The maximum Gasteiger partial charge on any atom is 0.282 e. The Kier molecular flexibility index (Phi) is 6.70. The molecule has 112 valence electrons. The van der Waals surface area contributed by atoms with Crippen LogP contribution in [0.15, 0.2) is 0 Å². The van der Waals surface area contributed by atoms with Crippen molar-refractivity contribution in [2.24, 2.45) is 0 Å². The van der Waals surface area contributed by atoms with Gasteiger partial charge in [0.05, 0.1) is 6.54 Å². The summed E-state index contributed by atoms with van der Waals surface area (Å²) in [6.07, 6.45) is 0.790. The second kappa shape index (κ2) is 7.78. The van der Waals surface area contributed by atoms with Gasteiger partial charge >= 0.3 is 0 Å². The first kappa shape index (κ1) is 16.4. The first-order valence-corrected chi connectivity index (χ1v) is 8.14. The third-order valence-electron chi connectivity index (χ3n) is 3.00. The summed E-state index contributed by atoms with van der Waals surface area (Å²) in [5.74, 6) is -0.263. The molecule has 0 aromatic carbocycles. The van der Waals surface area contributed by atoms with Gasteiger partial charge in [0, 0.05) is 32.7 Å². The third kappa shape index (κ3) is 4.72. The largest absolute Gasteiger partial charge is 0.355 e. The maximum absolute atomic E-state index is 12.5. The Morgan fingerprint density at radius 2 is 2.05 bits per heavy atom. The van der Waals surface area contributed by atoms with Gasteiger partial charge in [0.2, 0.25) is 5.91 Å². The molecule has 0 spiro atoms. The zero-order valence-electron chi connectivity index (χ0n) is 11.7. The van der Waals surface area contributed by atoms with E-state index in [2.05, 4.69) is 10.6 Å². The molecule has 8 heteroatoms. The lowest BCUT2D eigenvalue weighted by Crippen LogP contribution is -2.48. The van der Waals surface area contributed by atoms with E-state index < -0.39 is 10.2 Å². The number of nitrogens with zero attached hydrogens (tertiary/aromatic N) is 2. The highest BCUT2D eigenvalue weighted by Crippen LogP contribution is 2.09. The minimum absolute atomic E-state index is 0.114. The Labute approximate surface area is 115 Å². The molecule has 1 aliphatic rings. The number of carbonyl (C=O) groups is 1. The zero-order valence-corrected chi connectivity index (χ0v) is 12.5. The van der Waals surface area contributed by atoms with Crippen LogP contribution in [0.25, 0.3) is 0 Å². The van der Waals surface area contributed by atoms with Crippen molar-refractivity contribution in [2.45, 2.75) is 20.3 Å². The van der Waals surface area contributed by atoms with Crippen molar-refractivity contribution in [3.05, 3.63) is 0 Å². The number of nitrogens with one attached hydrogen (secondary N) is 2. The van der Waals surface area contributed by atoms with E-state index in [9.17, 15) is 13.2 Å². The summed E-state index contributed by atoms with van der Waals surface area (Å²) in [7, 11) is -3.55. The van der Waals surface area contributed by atoms with Crippen LogP contribution < -0.4 is 10.6 Å². The number of amides is 1. The molecule has 0 unspecified atom stereocenters. The van der Waals surface area contributed by atoms with E-state index in [0.717, 1.165) is 13.0 Å². The molecule has 1 heterocycles. The molecule has 0 aromatic rings. The standard InChI is InChI=1S/C11H24N4O3S/c1-3-13-11(16)10-14(4-2)19(17,18)15-8-5-6-12-7-9-15/h12H,3-10H2,1-2H3,(H,13,16). The molecule has 0 saturated carbocycles. The second-order valence-electron chi connectivity index (χ2n) is 4.39. The van der Waals surface area contributed by atoms with Crippen molar-refractivity contribution in [2.75, 3.05) is 45.8 Å². The molecule has 19 heavy (non-hydrogen) atoms. The third-order valence-corrected chi connectivity index (χ3v) is 5.06. The van der Waals surface area contributed by atoms with Crippen LogP contribution in [0.4, 0.5) is 0 Å². The summed E-state index contributed by atoms with van der Waals surface area (Å²) in [4.78, 5) is 11.6. The van der Waals surface area contributed by atoms with Crippen molar-refractivity contribution in [1.29, 1.82) is 0 Å². The van der Waals surface area contributed by atoms with E-state index in [1.165, 1.54) is 8.61 Å². The summed E-state index contributed by atoms with van der Waals surface area (Å²) >= 11 is 0. The lowest BCUT2D eigenvalue weighted by molar-refractivity contribution is -0.121. The lowest BCUT2D eigenvalue weighted by atomic mass is 10.4. The summed E-state index contributed by atoms with van der Waals surface area (Å²) in [5, 5.41) is 5.79. The molecular weight excluding hydrogens is 268 g/mol. The van der Waals surface area contributed by atoms with Crippen molar-refractivity contribution in [1.82, 2.24) is 19.2 Å². The van der Waals surface area contributed by atoms with Gasteiger partial charge in [-0.15, -0.1) is 0 Å². The molecule has 0 atom stereocenters. The van der Waals surface area contributed by atoms with Crippen LogP contribution in [0.3, 0.4) is 0 Å².